The summed E-state index contributed by atoms with van der Waals surface area (Å²) in [6.07, 6.45) is 1.29. The lowest BCUT2D eigenvalue weighted by molar-refractivity contribution is -0.115. The summed E-state index contributed by atoms with van der Waals surface area (Å²) < 4.78 is 0. The van der Waals surface area contributed by atoms with Crippen LogP contribution < -0.4 is 5.73 Å². The fourth-order valence-corrected chi connectivity index (χ4v) is 1.27. The molecule has 0 spiro atoms. The molecule has 0 saturated carbocycles. The number of carbonyl (C=O) groups is 1. The second kappa shape index (κ2) is 4.56. The van der Waals surface area contributed by atoms with Crippen LogP contribution in [-0.4, -0.2) is 11.8 Å². The van der Waals surface area contributed by atoms with Crippen molar-refractivity contribution in [3.63, 3.8) is 0 Å². The summed E-state index contributed by atoms with van der Waals surface area (Å²) in [6, 6.07) is -0.0378. The molecule has 1 atom stereocenters. The zero-order chi connectivity index (χ0) is 10.6. The van der Waals surface area contributed by atoms with Gasteiger partial charge in [-0.15, -0.1) is 0 Å². The Bertz CT molecular complexity index is 201. The molecule has 0 heterocycles. The molecular weight excluding hydrogens is 162 g/mol. The van der Waals surface area contributed by atoms with E-state index in [1.807, 2.05) is 0 Å². The largest absolute Gasteiger partial charge is 0.327 e. The first kappa shape index (κ1) is 12.4. The Morgan fingerprint density at radius 1 is 1.46 bits per heavy atom. The van der Waals surface area contributed by atoms with Crippen molar-refractivity contribution in [2.24, 2.45) is 11.1 Å². The van der Waals surface area contributed by atoms with E-state index in [9.17, 15) is 4.79 Å². The van der Waals surface area contributed by atoms with Crippen molar-refractivity contribution < 1.29 is 4.79 Å². The highest BCUT2D eigenvalue weighted by molar-refractivity contribution is 5.94. The molecule has 0 aliphatic heterocycles. The van der Waals surface area contributed by atoms with Crippen LogP contribution in [0.2, 0.25) is 0 Å². The van der Waals surface area contributed by atoms with E-state index in [1.165, 1.54) is 0 Å². The number of hydrogen-bond donors (Lipinski definition) is 1. The van der Waals surface area contributed by atoms with Gasteiger partial charge in [0.1, 0.15) is 0 Å². The van der Waals surface area contributed by atoms with Gasteiger partial charge < -0.3 is 5.73 Å². The molecule has 0 radical (unpaired) electrons. The van der Waals surface area contributed by atoms with E-state index in [1.54, 1.807) is 6.92 Å². The Morgan fingerprint density at radius 3 is 2.23 bits per heavy atom. The van der Waals surface area contributed by atoms with E-state index in [0.29, 0.717) is 12.0 Å². The van der Waals surface area contributed by atoms with Gasteiger partial charge in [0.05, 0.1) is 0 Å². The first-order chi connectivity index (χ1) is 5.72. The minimum absolute atomic E-state index is 0.0378. The van der Waals surface area contributed by atoms with Gasteiger partial charge in [0, 0.05) is 12.5 Å². The zero-order valence-electron chi connectivity index (χ0n) is 9.18. The van der Waals surface area contributed by atoms with E-state index in [2.05, 4.69) is 27.4 Å². The van der Waals surface area contributed by atoms with Gasteiger partial charge in [0.15, 0.2) is 5.78 Å². The van der Waals surface area contributed by atoms with Gasteiger partial charge in [-0.1, -0.05) is 27.4 Å². The lowest BCUT2D eigenvalue weighted by Gasteiger charge is -2.22. The molecule has 0 bridgehead atoms. The smallest absolute Gasteiger partial charge is 0.159 e. The highest BCUT2D eigenvalue weighted by Crippen LogP contribution is 2.21. The molecule has 13 heavy (non-hydrogen) atoms. The lowest BCUT2D eigenvalue weighted by atomic mass is 9.86. The minimum Gasteiger partial charge on any atom is -0.327 e. The van der Waals surface area contributed by atoms with Crippen LogP contribution in [0.25, 0.3) is 0 Å². The molecule has 0 aromatic heterocycles. The van der Waals surface area contributed by atoms with Crippen LogP contribution in [0.15, 0.2) is 12.2 Å². The molecule has 0 saturated heterocycles. The quantitative estimate of drug-likeness (QED) is 0.679. The van der Waals surface area contributed by atoms with Crippen LogP contribution in [0.5, 0.6) is 0 Å². The standard InChI is InChI=1S/C11H21NO/c1-8(2)10(13)6-9(12)7-11(3,4)5/h9H,1,6-7,12H2,2-5H3. The molecule has 0 amide bonds. The van der Waals surface area contributed by atoms with E-state index in [0.717, 1.165) is 6.42 Å². The highest BCUT2D eigenvalue weighted by Gasteiger charge is 2.17. The molecular formula is C11H21NO. The molecule has 2 N–H and O–H groups in total. The molecule has 1 unspecified atom stereocenters. The Morgan fingerprint density at radius 2 is 1.92 bits per heavy atom. The third-order valence-electron chi connectivity index (χ3n) is 1.80. The first-order valence-electron chi connectivity index (χ1n) is 4.66. The second-order valence-electron chi connectivity index (χ2n) is 4.93. The van der Waals surface area contributed by atoms with Crippen LogP contribution in [0.1, 0.15) is 40.5 Å². The van der Waals surface area contributed by atoms with Crippen LogP contribution in [0, 0.1) is 5.41 Å². The number of Topliss-reactive ketones (excluding diaryl/α,β-unsaturated/α-hetero) is 1. The predicted molar refractivity (Wildman–Crippen MR) is 56.5 cm³/mol. The SMILES string of the molecule is C=C(C)C(=O)CC(N)CC(C)(C)C. The third-order valence-corrected chi connectivity index (χ3v) is 1.80. The highest BCUT2D eigenvalue weighted by atomic mass is 16.1. The maximum atomic E-state index is 11.3. The zero-order valence-corrected chi connectivity index (χ0v) is 9.18. The average molecular weight is 183 g/mol. The third kappa shape index (κ3) is 6.52. The van der Waals surface area contributed by atoms with Crippen LogP contribution in [0.4, 0.5) is 0 Å². The summed E-state index contributed by atoms with van der Waals surface area (Å²) in [5.41, 5.74) is 6.63. The summed E-state index contributed by atoms with van der Waals surface area (Å²) in [6.45, 7) is 11.7. The van der Waals surface area contributed by atoms with E-state index in [-0.39, 0.29) is 17.2 Å². The molecule has 0 rings (SSSR count). The molecule has 0 fully saturated rings. The number of ketones is 1. The maximum absolute atomic E-state index is 11.3. The van der Waals surface area contributed by atoms with Crippen molar-refractivity contribution in [3.8, 4) is 0 Å². The number of carbonyl (C=O) groups excluding carboxylic acids is 1. The van der Waals surface area contributed by atoms with E-state index < -0.39 is 0 Å². The van der Waals surface area contributed by atoms with Crippen molar-refractivity contribution in [3.05, 3.63) is 12.2 Å². The van der Waals surface area contributed by atoms with Gasteiger partial charge in [0.25, 0.3) is 0 Å². The number of allylic oxidation sites excluding steroid dienone is 1. The van der Waals surface area contributed by atoms with E-state index in [4.69, 9.17) is 5.73 Å². The topological polar surface area (TPSA) is 43.1 Å². The van der Waals surface area contributed by atoms with Crippen molar-refractivity contribution in [2.75, 3.05) is 0 Å². The summed E-state index contributed by atoms with van der Waals surface area (Å²) in [7, 11) is 0. The Labute approximate surface area is 81.2 Å². The molecule has 0 aromatic rings. The van der Waals surface area contributed by atoms with Crippen molar-refractivity contribution in [1.29, 1.82) is 0 Å². The molecule has 0 aromatic carbocycles. The molecule has 0 aliphatic rings. The second-order valence-corrected chi connectivity index (χ2v) is 4.93. The first-order valence-corrected chi connectivity index (χ1v) is 4.66. The van der Waals surface area contributed by atoms with Crippen LogP contribution in [-0.2, 0) is 4.79 Å². The number of hydrogen-bond acceptors (Lipinski definition) is 2. The number of nitrogens with two attached hydrogens (primary N) is 1. The van der Waals surface area contributed by atoms with Gasteiger partial charge in [-0.05, 0) is 24.3 Å². The minimum atomic E-state index is -0.0378. The summed E-state index contributed by atoms with van der Waals surface area (Å²) in [5, 5.41) is 0. The normalized spacial score (nSPS) is 13.9. The van der Waals surface area contributed by atoms with Crippen LogP contribution >= 0.6 is 0 Å². The van der Waals surface area contributed by atoms with Crippen molar-refractivity contribution in [1.82, 2.24) is 0 Å². The summed E-state index contributed by atoms with van der Waals surface area (Å²) in [5.74, 6) is 0.0803. The number of rotatable bonds is 4. The average Bonchev–Trinajstić information content (AvgIpc) is 1.81. The predicted octanol–water partition coefficient (Wildman–Crippen LogP) is 2.29. The Kier molecular flexibility index (Phi) is 4.34. The molecule has 2 heteroatoms. The molecule has 2 nitrogen and oxygen atoms in total. The maximum Gasteiger partial charge on any atom is 0.159 e. The monoisotopic (exact) mass is 183 g/mol. The van der Waals surface area contributed by atoms with E-state index >= 15 is 0 Å². The fourth-order valence-electron chi connectivity index (χ4n) is 1.27. The van der Waals surface area contributed by atoms with Crippen molar-refractivity contribution >= 4 is 5.78 Å². The summed E-state index contributed by atoms with van der Waals surface area (Å²) in [4.78, 5) is 11.3. The van der Waals surface area contributed by atoms with Gasteiger partial charge in [-0.2, -0.15) is 0 Å². The lowest BCUT2D eigenvalue weighted by Crippen LogP contribution is -2.29. The van der Waals surface area contributed by atoms with Gasteiger partial charge in [-0.25, -0.2) is 0 Å². The Hall–Kier alpha value is -0.630. The Balaban J connectivity index is 3.95. The van der Waals surface area contributed by atoms with Gasteiger partial charge in [-0.3, -0.25) is 4.79 Å². The fraction of sp³-hybridized carbons (Fsp3) is 0.727. The molecule has 0 aliphatic carbocycles. The molecule has 76 valence electrons. The van der Waals surface area contributed by atoms with Crippen LogP contribution in [0.3, 0.4) is 0 Å². The van der Waals surface area contributed by atoms with Crippen molar-refractivity contribution in [2.45, 2.75) is 46.6 Å². The summed E-state index contributed by atoms with van der Waals surface area (Å²) >= 11 is 0. The van der Waals surface area contributed by atoms with Gasteiger partial charge in [0.2, 0.25) is 0 Å². The van der Waals surface area contributed by atoms with Gasteiger partial charge >= 0.3 is 0 Å².